The van der Waals surface area contributed by atoms with E-state index in [2.05, 4.69) is 27.4 Å². The molecule has 1 aliphatic heterocycles. The summed E-state index contributed by atoms with van der Waals surface area (Å²) in [7, 11) is 0. The number of hydrogen-bond acceptors (Lipinski definition) is 5. The van der Waals surface area contributed by atoms with E-state index in [0.29, 0.717) is 17.0 Å². The van der Waals surface area contributed by atoms with E-state index in [4.69, 9.17) is 5.26 Å². The Morgan fingerprint density at radius 2 is 1.87 bits per heavy atom. The molecule has 2 heterocycles. The fourth-order valence-electron chi connectivity index (χ4n) is 2.36. The molecule has 0 radical (unpaired) electrons. The largest absolute Gasteiger partial charge is 0.416 e. The molecule has 0 spiro atoms. The first kappa shape index (κ1) is 15.4. The van der Waals surface area contributed by atoms with Crippen LogP contribution >= 0.6 is 0 Å². The molecule has 1 fully saturated rings. The molecule has 8 heteroatoms. The fraction of sp³-hybridized carbons (Fsp3) is 0.200. The van der Waals surface area contributed by atoms with E-state index in [0.717, 1.165) is 12.1 Å². The second kappa shape index (κ2) is 5.96. The highest BCUT2D eigenvalue weighted by atomic mass is 19.4. The van der Waals surface area contributed by atoms with Crippen LogP contribution in [0.25, 0.3) is 11.3 Å². The highest BCUT2D eigenvalue weighted by molar-refractivity contribution is 5.60. The SMILES string of the molecule is N#CC1NNNC1c1cccc(-c2cccc(C(F)(F)F)c2)n1. The van der Waals surface area contributed by atoms with E-state index in [1.165, 1.54) is 6.07 Å². The van der Waals surface area contributed by atoms with Crippen molar-refractivity contribution < 1.29 is 13.2 Å². The number of hydrazine groups is 2. The van der Waals surface area contributed by atoms with E-state index >= 15 is 0 Å². The van der Waals surface area contributed by atoms with Crippen molar-refractivity contribution in [3.05, 3.63) is 53.7 Å². The lowest BCUT2D eigenvalue weighted by Crippen LogP contribution is -2.32. The van der Waals surface area contributed by atoms with Crippen LogP contribution in [0.3, 0.4) is 0 Å². The first-order valence-corrected chi connectivity index (χ1v) is 6.79. The topological polar surface area (TPSA) is 72.8 Å². The Balaban J connectivity index is 1.96. The van der Waals surface area contributed by atoms with Crippen molar-refractivity contribution >= 4 is 0 Å². The average Bonchev–Trinajstić information content (AvgIpc) is 3.03. The lowest BCUT2D eigenvalue weighted by Gasteiger charge is -2.13. The van der Waals surface area contributed by atoms with Crippen molar-refractivity contribution in [2.24, 2.45) is 0 Å². The summed E-state index contributed by atoms with van der Waals surface area (Å²) in [6, 6.07) is 11.2. The fourth-order valence-corrected chi connectivity index (χ4v) is 2.36. The van der Waals surface area contributed by atoms with Crippen LogP contribution in [0.15, 0.2) is 42.5 Å². The number of nitriles is 1. The van der Waals surface area contributed by atoms with E-state index in [1.54, 1.807) is 24.3 Å². The monoisotopic (exact) mass is 319 g/mol. The van der Waals surface area contributed by atoms with E-state index < -0.39 is 23.8 Å². The second-order valence-electron chi connectivity index (χ2n) is 5.02. The zero-order chi connectivity index (χ0) is 16.4. The van der Waals surface area contributed by atoms with Gasteiger partial charge in [-0.3, -0.25) is 4.98 Å². The van der Waals surface area contributed by atoms with Crippen LogP contribution in [0.4, 0.5) is 13.2 Å². The number of nitrogens with one attached hydrogen (secondary N) is 3. The maximum absolute atomic E-state index is 12.8. The van der Waals surface area contributed by atoms with Crippen LogP contribution in [-0.4, -0.2) is 11.0 Å². The zero-order valence-electron chi connectivity index (χ0n) is 11.7. The summed E-state index contributed by atoms with van der Waals surface area (Å²) in [5.41, 5.74) is 8.86. The Morgan fingerprint density at radius 1 is 1.09 bits per heavy atom. The predicted octanol–water partition coefficient (Wildman–Crippen LogP) is 2.31. The van der Waals surface area contributed by atoms with Crippen LogP contribution in [0.1, 0.15) is 17.3 Å². The minimum atomic E-state index is -4.40. The number of hydrogen-bond donors (Lipinski definition) is 3. The summed E-state index contributed by atoms with van der Waals surface area (Å²) in [6.45, 7) is 0. The van der Waals surface area contributed by atoms with E-state index in [9.17, 15) is 13.2 Å². The minimum Gasteiger partial charge on any atom is -0.251 e. The molecule has 0 saturated carbocycles. The first-order valence-electron chi connectivity index (χ1n) is 6.79. The molecule has 0 bridgehead atoms. The highest BCUT2D eigenvalue weighted by Crippen LogP contribution is 2.32. The lowest BCUT2D eigenvalue weighted by molar-refractivity contribution is -0.137. The minimum absolute atomic E-state index is 0.370. The number of nitrogens with zero attached hydrogens (tertiary/aromatic N) is 2. The third kappa shape index (κ3) is 3.17. The summed E-state index contributed by atoms with van der Waals surface area (Å²) < 4.78 is 38.5. The van der Waals surface area contributed by atoms with E-state index in [1.807, 2.05) is 0 Å². The summed E-state index contributed by atoms with van der Waals surface area (Å²) in [4.78, 5) is 4.39. The number of benzene rings is 1. The normalized spacial score (nSPS) is 21.1. The Labute approximate surface area is 130 Å². The van der Waals surface area contributed by atoms with Crippen molar-refractivity contribution in [1.82, 2.24) is 21.4 Å². The molecule has 5 nitrogen and oxygen atoms in total. The van der Waals surface area contributed by atoms with Gasteiger partial charge < -0.3 is 0 Å². The molecule has 2 aromatic rings. The van der Waals surface area contributed by atoms with Crippen molar-refractivity contribution in [3.8, 4) is 17.3 Å². The Hall–Kier alpha value is -2.47. The van der Waals surface area contributed by atoms with Gasteiger partial charge in [0.1, 0.15) is 6.04 Å². The number of pyridine rings is 1. The van der Waals surface area contributed by atoms with Gasteiger partial charge in [-0.15, -0.1) is 0 Å². The van der Waals surface area contributed by atoms with Gasteiger partial charge in [-0.1, -0.05) is 18.2 Å². The van der Waals surface area contributed by atoms with Crippen LogP contribution < -0.4 is 16.4 Å². The summed E-state index contributed by atoms with van der Waals surface area (Å²) in [6.07, 6.45) is -4.40. The molecule has 0 aliphatic carbocycles. The van der Waals surface area contributed by atoms with Gasteiger partial charge in [0.15, 0.2) is 0 Å². The van der Waals surface area contributed by atoms with Gasteiger partial charge in [-0.05, 0) is 24.3 Å². The van der Waals surface area contributed by atoms with Crippen LogP contribution in [0.2, 0.25) is 0 Å². The second-order valence-corrected chi connectivity index (χ2v) is 5.02. The zero-order valence-corrected chi connectivity index (χ0v) is 11.7. The van der Waals surface area contributed by atoms with Crippen molar-refractivity contribution in [3.63, 3.8) is 0 Å². The van der Waals surface area contributed by atoms with Crippen molar-refractivity contribution in [2.45, 2.75) is 18.3 Å². The molecular weight excluding hydrogens is 307 g/mol. The molecular formula is C15H12F3N5. The smallest absolute Gasteiger partial charge is 0.251 e. The van der Waals surface area contributed by atoms with Crippen molar-refractivity contribution in [2.75, 3.05) is 0 Å². The highest BCUT2D eigenvalue weighted by Gasteiger charge is 2.31. The van der Waals surface area contributed by atoms with Gasteiger partial charge in [0.2, 0.25) is 0 Å². The summed E-state index contributed by atoms with van der Waals surface area (Å²) in [5, 5.41) is 9.06. The summed E-state index contributed by atoms with van der Waals surface area (Å²) in [5.74, 6) is 0. The van der Waals surface area contributed by atoms with Gasteiger partial charge in [0, 0.05) is 5.56 Å². The number of halogens is 3. The molecule has 1 aliphatic rings. The molecule has 3 rings (SSSR count). The maximum atomic E-state index is 12.8. The van der Waals surface area contributed by atoms with E-state index in [-0.39, 0.29) is 0 Å². The molecule has 1 aromatic heterocycles. The van der Waals surface area contributed by atoms with Gasteiger partial charge >= 0.3 is 6.18 Å². The van der Waals surface area contributed by atoms with Gasteiger partial charge in [0.25, 0.3) is 0 Å². The third-order valence-corrected chi connectivity index (χ3v) is 3.50. The van der Waals surface area contributed by atoms with Gasteiger partial charge in [0.05, 0.1) is 29.1 Å². The molecule has 3 N–H and O–H groups in total. The third-order valence-electron chi connectivity index (χ3n) is 3.50. The van der Waals surface area contributed by atoms with Gasteiger partial charge in [-0.25, -0.2) is 10.9 Å². The Morgan fingerprint density at radius 3 is 2.61 bits per heavy atom. The quantitative estimate of drug-likeness (QED) is 0.792. The predicted molar refractivity (Wildman–Crippen MR) is 76.2 cm³/mol. The van der Waals surface area contributed by atoms with Crippen molar-refractivity contribution in [1.29, 1.82) is 5.26 Å². The first-order chi connectivity index (χ1) is 11.0. The lowest BCUT2D eigenvalue weighted by atomic mass is 10.0. The number of rotatable bonds is 2. The Bertz CT molecular complexity index is 753. The number of aromatic nitrogens is 1. The average molecular weight is 319 g/mol. The standard InChI is InChI=1S/C15H12F3N5/c16-15(17,18)10-4-1-3-9(7-10)11-5-2-6-12(20-11)14-13(8-19)21-23-22-14/h1-7,13-14,21-23H. The summed E-state index contributed by atoms with van der Waals surface area (Å²) >= 11 is 0. The molecule has 1 aromatic carbocycles. The molecule has 118 valence electrons. The Kier molecular flexibility index (Phi) is 4.00. The molecule has 23 heavy (non-hydrogen) atoms. The maximum Gasteiger partial charge on any atom is 0.416 e. The molecule has 2 atom stereocenters. The van der Waals surface area contributed by atoms with Gasteiger partial charge in [-0.2, -0.15) is 24.0 Å². The molecule has 1 saturated heterocycles. The number of alkyl halides is 3. The van der Waals surface area contributed by atoms with Crippen LogP contribution in [-0.2, 0) is 6.18 Å². The molecule has 0 amide bonds. The van der Waals surface area contributed by atoms with Crippen LogP contribution in [0, 0.1) is 11.3 Å². The molecule has 2 unspecified atom stereocenters. The van der Waals surface area contributed by atoms with Crippen LogP contribution in [0.5, 0.6) is 0 Å².